The van der Waals surface area contributed by atoms with Crippen LogP contribution in [0.4, 0.5) is 4.39 Å². The second kappa shape index (κ2) is 6.94. The normalized spacial score (nSPS) is 11.2. The highest BCUT2D eigenvalue weighted by Gasteiger charge is 2.05. The van der Waals surface area contributed by atoms with Crippen molar-refractivity contribution >= 4 is 22.2 Å². The number of fused-ring (bicyclic) bond motifs is 1. The number of aromatic nitrogens is 2. The van der Waals surface area contributed by atoms with E-state index in [-0.39, 0.29) is 5.82 Å². The number of hydrogen-bond acceptors (Lipinski definition) is 4. The first kappa shape index (κ1) is 15.1. The van der Waals surface area contributed by atoms with Gasteiger partial charge in [0, 0.05) is 35.6 Å². The van der Waals surface area contributed by atoms with Crippen LogP contribution in [0.5, 0.6) is 0 Å². The molecular weight excluding hydrogens is 297 g/mol. The molecule has 3 aromatic rings. The van der Waals surface area contributed by atoms with Crippen LogP contribution < -0.4 is 5.32 Å². The first-order chi connectivity index (χ1) is 10.7. The average molecular weight is 315 g/mol. The van der Waals surface area contributed by atoms with E-state index in [0.717, 1.165) is 41.5 Å². The zero-order chi connectivity index (χ0) is 15.4. The van der Waals surface area contributed by atoms with Gasteiger partial charge in [0.2, 0.25) is 0 Å². The number of rotatable bonds is 6. The van der Waals surface area contributed by atoms with Gasteiger partial charge in [0.05, 0.1) is 10.5 Å². The molecule has 0 atom stereocenters. The summed E-state index contributed by atoms with van der Waals surface area (Å²) in [5.41, 5.74) is 2.86. The minimum absolute atomic E-state index is 0.212. The number of halogens is 1. The summed E-state index contributed by atoms with van der Waals surface area (Å²) in [5, 5.41) is 7.47. The van der Waals surface area contributed by atoms with E-state index in [1.165, 1.54) is 11.1 Å². The molecule has 0 spiro atoms. The van der Waals surface area contributed by atoms with Crippen LogP contribution in [0.25, 0.3) is 10.9 Å². The predicted octanol–water partition coefficient (Wildman–Crippen LogP) is 3.86. The van der Waals surface area contributed by atoms with Crippen LogP contribution in [-0.2, 0) is 13.0 Å². The molecule has 0 saturated carbocycles. The second-order valence-electron chi connectivity index (χ2n) is 5.30. The molecule has 1 N–H and O–H groups in total. The lowest BCUT2D eigenvalue weighted by molar-refractivity contribution is 0.618. The molecule has 2 heterocycles. The van der Waals surface area contributed by atoms with E-state index in [1.807, 2.05) is 19.1 Å². The number of thiazole rings is 1. The Morgan fingerprint density at radius 2 is 2.23 bits per heavy atom. The molecule has 3 nitrogen and oxygen atoms in total. The van der Waals surface area contributed by atoms with E-state index in [0.29, 0.717) is 6.54 Å². The number of nitrogens with one attached hydrogen (secondary N) is 1. The van der Waals surface area contributed by atoms with Crippen LogP contribution in [0, 0.1) is 12.7 Å². The number of nitrogens with zero attached hydrogens (tertiary/aromatic N) is 2. The van der Waals surface area contributed by atoms with Crippen LogP contribution in [-0.4, -0.2) is 16.5 Å². The van der Waals surface area contributed by atoms with E-state index >= 15 is 0 Å². The topological polar surface area (TPSA) is 37.8 Å². The highest BCUT2D eigenvalue weighted by molar-refractivity contribution is 7.09. The first-order valence-corrected chi connectivity index (χ1v) is 8.25. The monoisotopic (exact) mass is 315 g/mol. The van der Waals surface area contributed by atoms with Gasteiger partial charge in [-0.3, -0.25) is 4.98 Å². The van der Waals surface area contributed by atoms with Gasteiger partial charge in [-0.25, -0.2) is 9.37 Å². The maximum absolute atomic E-state index is 13.6. The molecule has 0 unspecified atom stereocenters. The zero-order valence-electron chi connectivity index (χ0n) is 12.5. The third kappa shape index (κ3) is 3.67. The van der Waals surface area contributed by atoms with Gasteiger partial charge in [0.25, 0.3) is 0 Å². The van der Waals surface area contributed by atoms with Gasteiger partial charge in [-0.05, 0) is 43.7 Å². The molecule has 1 aromatic carbocycles. The fourth-order valence-electron chi connectivity index (χ4n) is 2.47. The van der Waals surface area contributed by atoms with Crippen molar-refractivity contribution in [3.05, 3.63) is 57.9 Å². The standard InChI is InChI=1S/C17H18FN3S/c1-12-11-22-16(21-12)5-3-6-19-10-14-9-15(18)8-13-4-2-7-20-17(13)14/h2,4,7-9,11,19H,3,5-6,10H2,1H3. The van der Waals surface area contributed by atoms with Crippen LogP contribution in [0.3, 0.4) is 0 Å². The van der Waals surface area contributed by atoms with Gasteiger partial charge >= 0.3 is 0 Å². The van der Waals surface area contributed by atoms with Crippen LogP contribution in [0.1, 0.15) is 22.7 Å². The highest BCUT2D eigenvalue weighted by Crippen LogP contribution is 2.18. The smallest absolute Gasteiger partial charge is 0.124 e. The largest absolute Gasteiger partial charge is 0.313 e. The van der Waals surface area contributed by atoms with Crippen LogP contribution in [0.2, 0.25) is 0 Å². The molecule has 0 aliphatic rings. The summed E-state index contributed by atoms with van der Waals surface area (Å²) < 4.78 is 13.6. The first-order valence-electron chi connectivity index (χ1n) is 7.37. The lowest BCUT2D eigenvalue weighted by atomic mass is 10.1. The Morgan fingerprint density at radius 1 is 1.32 bits per heavy atom. The Balaban J connectivity index is 1.55. The van der Waals surface area contributed by atoms with E-state index in [9.17, 15) is 4.39 Å². The van der Waals surface area contributed by atoms with Crippen LogP contribution >= 0.6 is 11.3 Å². The van der Waals surface area contributed by atoms with E-state index < -0.39 is 0 Å². The van der Waals surface area contributed by atoms with Crippen molar-refractivity contribution in [2.24, 2.45) is 0 Å². The fraction of sp³-hybridized carbons (Fsp3) is 0.294. The Bertz CT molecular complexity index is 769. The maximum Gasteiger partial charge on any atom is 0.124 e. The molecule has 0 aliphatic carbocycles. The fourth-order valence-corrected chi connectivity index (χ4v) is 3.29. The number of hydrogen-bond donors (Lipinski definition) is 1. The lowest BCUT2D eigenvalue weighted by Crippen LogP contribution is -2.16. The molecule has 3 rings (SSSR count). The molecule has 0 saturated heterocycles. The molecular formula is C17H18FN3S. The van der Waals surface area contributed by atoms with Crippen molar-refractivity contribution in [2.75, 3.05) is 6.54 Å². The van der Waals surface area contributed by atoms with E-state index in [2.05, 4.69) is 20.7 Å². The van der Waals surface area contributed by atoms with Crippen molar-refractivity contribution in [3.63, 3.8) is 0 Å². The molecule has 0 bridgehead atoms. The Hall–Kier alpha value is -1.85. The highest BCUT2D eigenvalue weighted by atomic mass is 32.1. The van der Waals surface area contributed by atoms with Gasteiger partial charge in [0.15, 0.2) is 0 Å². The summed E-state index contributed by atoms with van der Waals surface area (Å²) >= 11 is 1.71. The van der Waals surface area contributed by atoms with Crippen molar-refractivity contribution in [2.45, 2.75) is 26.3 Å². The number of aryl methyl sites for hydroxylation is 2. The molecule has 2 aromatic heterocycles. The molecule has 22 heavy (non-hydrogen) atoms. The second-order valence-corrected chi connectivity index (χ2v) is 6.25. The quantitative estimate of drug-likeness (QED) is 0.702. The van der Waals surface area contributed by atoms with Gasteiger partial charge in [-0.15, -0.1) is 11.3 Å². The Labute approximate surface area is 133 Å². The SMILES string of the molecule is Cc1csc(CCCNCc2cc(F)cc3cccnc23)n1. The number of pyridine rings is 1. The van der Waals surface area contributed by atoms with Crippen LogP contribution in [0.15, 0.2) is 35.8 Å². The van der Waals surface area contributed by atoms with Gasteiger partial charge in [-0.1, -0.05) is 6.07 Å². The Kier molecular flexibility index (Phi) is 4.75. The summed E-state index contributed by atoms with van der Waals surface area (Å²) in [5.74, 6) is -0.212. The summed E-state index contributed by atoms with van der Waals surface area (Å²) in [7, 11) is 0. The van der Waals surface area contributed by atoms with Crippen molar-refractivity contribution in [3.8, 4) is 0 Å². The van der Waals surface area contributed by atoms with Gasteiger partial charge < -0.3 is 5.32 Å². The molecule has 0 fully saturated rings. The predicted molar refractivity (Wildman–Crippen MR) is 88.6 cm³/mol. The van der Waals surface area contributed by atoms with Crippen molar-refractivity contribution in [1.29, 1.82) is 0 Å². The molecule has 0 radical (unpaired) electrons. The lowest BCUT2D eigenvalue weighted by Gasteiger charge is -2.08. The average Bonchev–Trinajstić information content (AvgIpc) is 2.92. The molecule has 114 valence electrons. The van der Waals surface area contributed by atoms with Crippen molar-refractivity contribution < 1.29 is 4.39 Å². The third-order valence-corrected chi connectivity index (χ3v) is 4.50. The maximum atomic E-state index is 13.6. The zero-order valence-corrected chi connectivity index (χ0v) is 13.3. The minimum atomic E-state index is -0.212. The molecule has 5 heteroatoms. The number of benzene rings is 1. The van der Waals surface area contributed by atoms with E-state index in [4.69, 9.17) is 0 Å². The molecule has 0 aliphatic heterocycles. The summed E-state index contributed by atoms with van der Waals surface area (Å²) in [4.78, 5) is 8.81. The van der Waals surface area contributed by atoms with Crippen molar-refractivity contribution in [1.82, 2.24) is 15.3 Å². The van der Waals surface area contributed by atoms with Gasteiger partial charge in [-0.2, -0.15) is 0 Å². The summed E-state index contributed by atoms with van der Waals surface area (Å²) in [6.45, 7) is 3.52. The summed E-state index contributed by atoms with van der Waals surface area (Å²) in [6.07, 6.45) is 3.75. The summed E-state index contributed by atoms with van der Waals surface area (Å²) in [6, 6.07) is 6.80. The van der Waals surface area contributed by atoms with Gasteiger partial charge in [0.1, 0.15) is 5.82 Å². The Morgan fingerprint density at radius 3 is 3.05 bits per heavy atom. The molecule has 0 amide bonds. The minimum Gasteiger partial charge on any atom is -0.313 e. The third-order valence-electron chi connectivity index (χ3n) is 3.47. The van der Waals surface area contributed by atoms with E-state index in [1.54, 1.807) is 23.6 Å².